The molecule has 23 heavy (non-hydrogen) atoms. The Morgan fingerprint density at radius 2 is 1.70 bits per heavy atom. The SMILES string of the molecule is Cc1ccc(S(=O)(=O)N2CC[C@@](C)(O)[C@H]2c2ccccc2)cc1. The van der Waals surface area contributed by atoms with Gasteiger partial charge in [0.2, 0.25) is 10.0 Å². The van der Waals surface area contributed by atoms with Gasteiger partial charge in [0.15, 0.2) is 0 Å². The normalized spacial score (nSPS) is 25.6. The van der Waals surface area contributed by atoms with Crippen molar-refractivity contribution in [2.75, 3.05) is 6.54 Å². The van der Waals surface area contributed by atoms with Crippen molar-refractivity contribution in [2.45, 2.75) is 36.8 Å². The second-order valence-corrected chi connectivity index (χ2v) is 8.24. The van der Waals surface area contributed by atoms with Crippen molar-refractivity contribution in [1.29, 1.82) is 0 Å². The molecule has 0 spiro atoms. The van der Waals surface area contributed by atoms with Gasteiger partial charge in [-0.2, -0.15) is 4.31 Å². The molecule has 0 aromatic heterocycles. The lowest BCUT2D eigenvalue weighted by Crippen LogP contribution is -2.38. The number of nitrogens with zero attached hydrogens (tertiary/aromatic N) is 1. The van der Waals surface area contributed by atoms with Crippen LogP contribution in [0.15, 0.2) is 59.5 Å². The molecular formula is C18H21NO3S. The lowest BCUT2D eigenvalue weighted by molar-refractivity contribution is 0.0343. The van der Waals surface area contributed by atoms with E-state index in [0.717, 1.165) is 11.1 Å². The van der Waals surface area contributed by atoms with Crippen molar-refractivity contribution >= 4 is 10.0 Å². The third-order valence-electron chi connectivity index (χ3n) is 4.46. The minimum atomic E-state index is -3.65. The molecule has 1 heterocycles. The van der Waals surface area contributed by atoms with Gasteiger partial charge in [0.1, 0.15) is 0 Å². The molecule has 5 heteroatoms. The topological polar surface area (TPSA) is 57.6 Å². The van der Waals surface area contributed by atoms with Gasteiger partial charge in [-0.25, -0.2) is 8.42 Å². The number of hydrogen-bond acceptors (Lipinski definition) is 3. The van der Waals surface area contributed by atoms with Gasteiger partial charge in [0, 0.05) is 6.54 Å². The molecule has 0 aliphatic carbocycles. The van der Waals surface area contributed by atoms with Crippen LogP contribution < -0.4 is 0 Å². The Hall–Kier alpha value is -1.69. The Balaban J connectivity index is 2.05. The minimum absolute atomic E-state index is 0.265. The van der Waals surface area contributed by atoms with Crippen LogP contribution in [0.2, 0.25) is 0 Å². The first kappa shape index (κ1) is 16.2. The van der Waals surface area contributed by atoms with Crippen LogP contribution in [-0.2, 0) is 10.0 Å². The zero-order chi connectivity index (χ0) is 16.7. The number of hydrogen-bond donors (Lipinski definition) is 1. The van der Waals surface area contributed by atoms with Crippen LogP contribution in [0.4, 0.5) is 0 Å². The standard InChI is InChI=1S/C18H21NO3S/c1-14-8-10-16(11-9-14)23(21,22)19-13-12-18(2,20)17(19)15-6-4-3-5-7-15/h3-11,17,20H,12-13H2,1-2H3/t17-,18-/m1/s1. The number of rotatable bonds is 3. The molecule has 4 nitrogen and oxygen atoms in total. The van der Waals surface area contributed by atoms with Crippen LogP contribution in [-0.4, -0.2) is 30.0 Å². The van der Waals surface area contributed by atoms with E-state index >= 15 is 0 Å². The van der Waals surface area contributed by atoms with Crippen LogP contribution in [0.25, 0.3) is 0 Å². The van der Waals surface area contributed by atoms with Crippen LogP contribution in [0.5, 0.6) is 0 Å². The smallest absolute Gasteiger partial charge is 0.243 e. The molecule has 122 valence electrons. The summed E-state index contributed by atoms with van der Waals surface area (Å²) in [7, 11) is -3.65. The van der Waals surface area contributed by atoms with Crippen LogP contribution >= 0.6 is 0 Å². The van der Waals surface area contributed by atoms with Crippen molar-refractivity contribution in [2.24, 2.45) is 0 Å². The predicted molar refractivity (Wildman–Crippen MR) is 89.5 cm³/mol. The average Bonchev–Trinajstić information content (AvgIpc) is 2.84. The molecule has 2 aromatic rings. The molecule has 1 saturated heterocycles. The predicted octanol–water partition coefficient (Wildman–Crippen LogP) is 2.88. The summed E-state index contributed by atoms with van der Waals surface area (Å²) in [6, 6.07) is 15.6. The maximum atomic E-state index is 13.0. The molecule has 2 aromatic carbocycles. The highest BCUT2D eigenvalue weighted by molar-refractivity contribution is 7.89. The van der Waals surface area contributed by atoms with Gasteiger partial charge in [-0.15, -0.1) is 0 Å². The van der Waals surface area contributed by atoms with E-state index in [2.05, 4.69) is 0 Å². The number of sulfonamides is 1. The zero-order valence-electron chi connectivity index (χ0n) is 13.3. The molecule has 0 unspecified atom stereocenters. The summed E-state index contributed by atoms with van der Waals surface area (Å²) in [4.78, 5) is 0.265. The highest BCUT2D eigenvalue weighted by Crippen LogP contribution is 2.43. The first-order chi connectivity index (χ1) is 10.8. The van der Waals surface area contributed by atoms with Crippen molar-refractivity contribution in [3.8, 4) is 0 Å². The van der Waals surface area contributed by atoms with E-state index in [9.17, 15) is 13.5 Å². The largest absolute Gasteiger partial charge is 0.388 e. The summed E-state index contributed by atoms with van der Waals surface area (Å²) < 4.78 is 27.5. The quantitative estimate of drug-likeness (QED) is 0.941. The van der Waals surface area contributed by atoms with E-state index < -0.39 is 21.7 Å². The Kier molecular flexibility index (Phi) is 4.04. The summed E-state index contributed by atoms with van der Waals surface area (Å²) in [6.07, 6.45) is 0.414. The molecule has 0 bridgehead atoms. The van der Waals surface area contributed by atoms with E-state index in [1.54, 1.807) is 31.2 Å². The monoisotopic (exact) mass is 331 g/mol. The lowest BCUT2D eigenvalue weighted by atomic mass is 9.92. The third-order valence-corrected chi connectivity index (χ3v) is 6.34. The van der Waals surface area contributed by atoms with E-state index in [4.69, 9.17) is 0 Å². The molecule has 0 radical (unpaired) electrons. The molecule has 1 N–H and O–H groups in total. The Bertz CT molecular complexity index is 783. The molecule has 3 rings (SSSR count). The maximum absolute atomic E-state index is 13.0. The fourth-order valence-electron chi connectivity index (χ4n) is 3.18. The van der Waals surface area contributed by atoms with Crippen molar-refractivity contribution in [3.05, 3.63) is 65.7 Å². The van der Waals surface area contributed by atoms with Crippen molar-refractivity contribution < 1.29 is 13.5 Å². The fraction of sp³-hybridized carbons (Fsp3) is 0.333. The first-order valence-electron chi connectivity index (χ1n) is 7.68. The van der Waals surface area contributed by atoms with Gasteiger partial charge in [-0.3, -0.25) is 0 Å². The molecule has 1 fully saturated rings. The molecule has 0 saturated carbocycles. The van der Waals surface area contributed by atoms with E-state index in [-0.39, 0.29) is 4.90 Å². The molecule has 2 atom stereocenters. The lowest BCUT2D eigenvalue weighted by Gasteiger charge is -2.31. The second kappa shape index (κ2) is 5.74. The van der Waals surface area contributed by atoms with Crippen LogP contribution in [0.3, 0.4) is 0 Å². The van der Waals surface area contributed by atoms with Gasteiger partial charge >= 0.3 is 0 Å². The summed E-state index contributed by atoms with van der Waals surface area (Å²) >= 11 is 0. The fourth-order valence-corrected chi connectivity index (χ4v) is 4.89. The van der Waals surface area contributed by atoms with Gasteiger partial charge in [0.05, 0.1) is 16.5 Å². The molecule has 1 aliphatic rings. The van der Waals surface area contributed by atoms with Crippen LogP contribution in [0.1, 0.15) is 30.5 Å². The number of aryl methyl sites for hydroxylation is 1. The first-order valence-corrected chi connectivity index (χ1v) is 9.12. The third kappa shape index (κ3) is 2.92. The maximum Gasteiger partial charge on any atom is 0.243 e. The van der Waals surface area contributed by atoms with E-state index in [1.165, 1.54) is 4.31 Å². The summed E-state index contributed by atoms with van der Waals surface area (Å²) in [5, 5.41) is 10.7. The molecular weight excluding hydrogens is 310 g/mol. The Morgan fingerprint density at radius 1 is 1.09 bits per heavy atom. The summed E-state index contributed by atoms with van der Waals surface area (Å²) in [5.41, 5.74) is 0.738. The average molecular weight is 331 g/mol. The molecule has 0 amide bonds. The highest BCUT2D eigenvalue weighted by atomic mass is 32.2. The van der Waals surface area contributed by atoms with Gasteiger partial charge in [0.25, 0.3) is 0 Å². The summed E-state index contributed by atoms with van der Waals surface area (Å²) in [5.74, 6) is 0. The van der Waals surface area contributed by atoms with E-state index in [1.807, 2.05) is 37.3 Å². The Morgan fingerprint density at radius 3 is 2.30 bits per heavy atom. The summed E-state index contributed by atoms with van der Waals surface area (Å²) in [6.45, 7) is 3.93. The Labute approximate surface area is 137 Å². The van der Waals surface area contributed by atoms with E-state index in [0.29, 0.717) is 13.0 Å². The van der Waals surface area contributed by atoms with Crippen molar-refractivity contribution in [1.82, 2.24) is 4.31 Å². The van der Waals surface area contributed by atoms with Crippen LogP contribution in [0, 0.1) is 6.92 Å². The number of benzene rings is 2. The van der Waals surface area contributed by atoms with Gasteiger partial charge in [-0.1, -0.05) is 48.0 Å². The second-order valence-electron chi connectivity index (χ2n) is 6.35. The highest BCUT2D eigenvalue weighted by Gasteiger charge is 2.48. The van der Waals surface area contributed by atoms with Gasteiger partial charge < -0.3 is 5.11 Å². The number of aliphatic hydroxyl groups is 1. The molecule has 1 aliphatic heterocycles. The zero-order valence-corrected chi connectivity index (χ0v) is 14.1. The van der Waals surface area contributed by atoms with Crippen molar-refractivity contribution in [3.63, 3.8) is 0 Å². The van der Waals surface area contributed by atoms with Gasteiger partial charge in [-0.05, 0) is 38.0 Å². The minimum Gasteiger partial charge on any atom is -0.388 e.